The first-order valence-corrected chi connectivity index (χ1v) is 8.82. The summed E-state index contributed by atoms with van der Waals surface area (Å²) in [6, 6.07) is 1.34. The molecule has 2 aliphatic rings. The van der Waals surface area contributed by atoms with Gasteiger partial charge in [-0.15, -0.1) is 0 Å². The molecule has 1 aliphatic heterocycles. The highest BCUT2D eigenvalue weighted by molar-refractivity contribution is 5.97. The molecule has 2 heterocycles. The van der Waals surface area contributed by atoms with Crippen molar-refractivity contribution in [3.8, 4) is 0 Å². The molecule has 2 amide bonds. The van der Waals surface area contributed by atoms with Crippen molar-refractivity contribution in [1.29, 1.82) is 0 Å². The van der Waals surface area contributed by atoms with Gasteiger partial charge in [-0.05, 0) is 18.9 Å². The first-order chi connectivity index (χ1) is 12.1. The minimum Gasteiger partial charge on any atom is -0.478 e. The maximum atomic E-state index is 12.6. The normalized spacial score (nSPS) is 18.9. The molecule has 7 nitrogen and oxygen atoms in total. The fourth-order valence-electron chi connectivity index (χ4n) is 3.59. The third-order valence-corrected chi connectivity index (χ3v) is 5.07. The second-order valence-corrected chi connectivity index (χ2v) is 6.72. The zero-order valence-corrected chi connectivity index (χ0v) is 14.2. The first kappa shape index (κ1) is 17.4. The number of carboxylic acid groups (broad SMARTS) is 1. The highest BCUT2D eigenvalue weighted by Crippen LogP contribution is 2.26. The molecule has 25 heavy (non-hydrogen) atoms. The molecule has 0 aromatic carbocycles. The summed E-state index contributed by atoms with van der Waals surface area (Å²) in [6.45, 7) is 2.00. The average molecular weight is 345 g/mol. The van der Waals surface area contributed by atoms with Crippen LogP contribution in [0.3, 0.4) is 0 Å². The van der Waals surface area contributed by atoms with Crippen LogP contribution in [0.4, 0.5) is 0 Å². The minimum absolute atomic E-state index is 0.00281. The summed E-state index contributed by atoms with van der Waals surface area (Å²) in [7, 11) is 0. The van der Waals surface area contributed by atoms with E-state index in [-0.39, 0.29) is 28.9 Å². The van der Waals surface area contributed by atoms with Gasteiger partial charge in [0.2, 0.25) is 5.91 Å². The zero-order chi connectivity index (χ0) is 17.8. The van der Waals surface area contributed by atoms with E-state index in [4.69, 9.17) is 5.11 Å². The lowest BCUT2D eigenvalue weighted by atomic mass is 9.88. The van der Waals surface area contributed by atoms with Gasteiger partial charge in [0.25, 0.3) is 5.91 Å². The molecule has 1 aromatic heterocycles. The first-order valence-electron chi connectivity index (χ1n) is 8.82. The molecule has 1 saturated carbocycles. The Bertz CT molecular complexity index is 662. The van der Waals surface area contributed by atoms with Crippen molar-refractivity contribution >= 4 is 17.8 Å². The van der Waals surface area contributed by atoms with Gasteiger partial charge in [-0.1, -0.05) is 19.3 Å². The van der Waals surface area contributed by atoms with Crippen molar-refractivity contribution in [2.45, 2.75) is 32.1 Å². The number of hydrogen-bond acceptors (Lipinski definition) is 4. The van der Waals surface area contributed by atoms with E-state index in [1.165, 1.54) is 24.9 Å². The number of aromatic nitrogens is 1. The highest BCUT2D eigenvalue weighted by Gasteiger charge is 2.30. The van der Waals surface area contributed by atoms with Crippen molar-refractivity contribution in [3.05, 3.63) is 29.6 Å². The van der Waals surface area contributed by atoms with Gasteiger partial charge >= 0.3 is 5.97 Å². The Morgan fingerprint density at radius 3 is 2.16 bits per heavy atom. The lowest BCUT2D eigenvalue weighted by Crippen LogP contribution is -2.52. The Kier molecular flexibility index (Phi) is 5.31. The second-order valence-electron chi connectivity index (χ2n) is 6.72. The van der Waals surface area contributed by atoms with Crippen LogP contribution in [0, 0.1) is 5.92 Å². The third-order valence-electron chi connectivity index (χ3n) is 5.07. The summed E-state index contributed by atoms with van der Waals surface area (Å²) in [6.07, 6.45) is 8.03. The molecule has 1 saturated heterocycles. The number of amides is 2. The summed E-state index contributed by atoms with van der Waals surface area (Å²) < 4.78 is 0. The molecule has 0 unspecified atom stereocenters. The molecule has 2 fully saturated rings. The lowest BCUT2D eigenvalue weighted by Gasteiger charge is -2.37. The van der Waals surface area contributed by atoms with Gasteiger partial charge in [0.1, 0.15) is 0 Å². The van der Waals surface area contributed by atoms with Crippen LogP contribution < -0.4 is 0 Å². The predicted octanol–water partition coefficient (Wildman–Crippen LogP) is 1.64. The van der Waals surface area contributed by atoms with Crippen molar-refractivity contribution in [2.75, 3.05) is 26.2 Å². The maximum Gasteiger partial charge on any atom is 0.337 e. The van der Waals surface area contributed by atoms with Crippen LogP contribution in [0.25, 0.3) is 0 Å². The number of nitrogens with zero attached hydrogens (tertiary/aromatic N) is 3. The van der Waals surface area contributed by atoms with Gasteiger partial charge in [0.15, 0.2) is 0 Å². The number of aromatic carboxylic acids is 1. The van der Waals surface area contributed by atoms with E-state index in [1.807, 2.05) is 4.90 Å². The molecular formula is C18H23N3O4. The predicted molar refractivity (Wildman–Crippen MR) is 90.3 cm³/mol. The van der Waals surface area contributed by atoms with Crippen LogP contribution >= 0.6 is 0 Å². The molecule has 1 N–H and O–H groups in total. The topological polar surface area (TPSA) is 90.8 Å². The number of carboxylic acids is 1. The van der Waals surface area contributed by atoms with Gasteiger partial charge in [-0.2, -0.15) is 0 Å². The zero-order valence-electron chi connectivity index (χ0n) is 14.2. The second kappa shape index (κ2) is 7.63. The molecular weight excluding hydrogens is 322 g/mol. The van der Waals surface area contributed by atoms with Crippen molar-refractivity contribution in [1.82, 2.24) is 14.8 Å². The van der Waals surface area contributed by atoms with E-state index in [0.717, 1.165) is 25.7 Å². The standard InChI is InChI=1S/C18H23N3O4/c22-16(13-4-2-1-3-5-13)20-6-8-21(9-7-20)17(23)14-10-15(18(24)25)12-19-11-14/h10-13H,1-9H2,(H,24,25). The smallest absolute Gasteiger partial charge is 0.337 e. The minimum atomic E-state index is -1.11. The molecule has 3 rings (SSSR count). The number of rotatable bonds is 3. The monoisotopic (exact) mass is 345 g/mol. The van der Waals surface area contributed by atoms with Crippen LogP contribution in [0.1, 0.15) is 52.8 Å². The fourth-order valence-corrected chi connectivity index (χ4v) is 3.59. The number of pyridine rings is 1. The third kappa shape index (κ3) is 3.97. The summed E-state index contributed by atoms with van der Waals surface area (Å²) >= 11 is 0. The van der Waals surface area contributed by atoms with E-state index in [1.54, 1.807) is 4.90 Å². The summed E-state index contributed by atoms with van der Waals surface area (Å²) in [5, 5.41) is 9.01. The quantitative estimate of drug-likeness (QED) is 0.899. The summed E-state index contributed by atoms with van der Waals surface area (Å²) in [5.41, 5.74) is 0.268. The Balaban J connectivity index is 1.58. The molecule has 0 bridgehead atoms. The van der Waals surface area contributed by atoms with E-state index < -0.39 is 5.97 Å². The van der Waals surface area contributed by atoms with Crippen LogP contribution in [-0.4, -0.2) is 63.9 Å². The molecule has 7 heteroatoms. The largest absolute Gasteiger partial charge is 0.478 e. The van der Waals surface area contributed by atoms with Crippen LogP contribution in [-0.2, 0) is 4.79 Å². The molecule has 0 radical (unpaired) electrons. The van der Waals surface area contributed by atoms with Gasteiger partial charge in [-0.3, -0.25) is 14.6 Å². The number of hydrogen-bond donors (Lipinski definition) is 1. The number of carbonyl (C=O) groups is 3. The number of piperazine rings is 1. The van der Waals surface area contributed by atoms with Crippen molar-refractivity contribution in [2.24, 2.45) is 5.92 Å². The van der Waals surface area contributed by atoms with E-state index in [2.05, 4.69) is 4.98 Å². The molecule has 134 valence electrons. The fraction of sp³-hybridized carbons (Fsp3) is 0.556. The SMILES string of the molecule is O=C(O)c1cncc(C(=O)N2CCN(C(=O)C3CCCCC3)CC2)c1. The van der Waals surface area contributed by atoms with Crippen molar-refractivity contribution < 1.29 is 19.5 Å². The van der Waals surface area contributed by atoms with Crippen LogP contribution in [0.15, 0.2) is 18.5 Å². The molecule has 1 aromatic rings. The van der Waals surface area contributed by atoms with Gasteiger partial charge in [0.05, 0.1) is 11.1 Å². The average Bonchev–Trinajstić information content (AvgIpc) is 2.67. The van der Waals surface area contributed by atoms with Crippen LogP contribution in [0.2, 0.25) is 0 Å². The Labute approximate surface area is 146 Å². The highest BCUT2D eigenvalue weighted by atomic mass is 16.4. The van der Waals surface area contributed by atoms with Crippen molar-refractivity contribution in [3.63, 3.8) is 0 Å². The van der Waals surface area contributed by atoms with Gasteiger partial charge in [0, 0.05) is 44.5 Å². The Morgan fingerprint density at radius 1 is 0.920 bits per heavy atom. The van der Waals surface area contributed by atoms with Gasteiger partial charge in [-0.25, -0.2) is 4.79 Å². The summed E-state index contributed by atoms with van der Waals surface area (Å²) in [4.78, 5) is 43.5. The Hall–Kier alpha value is -2.44. The van der Waals surface area contributed by atoms with Gasteiger partial charge < -0.3 is 14.9 Å². The molecule has 0 atom stereocenters. The number of carbonyl (C=O) groups excluding carboxylic acids is 2. The van der Waals surface area contributed by atoms with E-state index in [9.17, 15) is 14.4 Å². The Morgan fingerprint density at radius 2 is 1.52 bits per heavy atom. The van der Waals surface area contributed by atoms with E-state index in [0.29, 0.717) is 26.2 Å². The van der Waals surface area contributed by atoms with Crippen LogP contribution in [0.5, 0.6) is 0 Å². The van der Waals surface area contributed by atoms with E-state index >= 15 is 0 Å². The molecule has 1 aliphatic carbocycles. The maximum absolute atomic E-state index is 12.6. The molecule has 0 spiro atoms. The summed E-state index contributed by atoms with van der Waals surface area (Å²) in [5.74, 6) is -0.973. The lowest BCUT2D eigenvalue weighted by molar-refractivity contribution is -0.138.